The van der Waals surface area contributed by atoms with Gasteiger partial charge in [-0.1, -0.05) is 0 Å². The number of hydrogen-bond acceptors (Lipinski definition) is 6. The molecule has 2 bridgehead atoms. The number of aromatic nitrogens is 4. The first-order chi connectivity index (χ1) is 11.6. The van der Waals surface area contributed by atoms with Crippen LogP contribution < -0.4 is 10.3 Å². The van der Waals surface area contributed by atoms with Crippen LogP contribution in [0, 0.1) is 0 Å². The average molecular weight is 327 g/mol. The lowest BCUT2D eigenvalue weighted by Crippen LogP contribution is -2.44. The molecule has 7 nitrogen and oxygen atoms in total. The molecule has 2 saturated heterocycles. The van der Waals surface area contributed by atoms with E-state index in [9.17, 15) is 4.79 Å². The Bertz CT molecular complexity index is 777. The molecule has 0 spiro atoms. The van der Waals surface area contributed by atoms with Gasteiger partial charge in [0.15, 0.2) is 0 Å². The van der Waals surface area contributed by atoms with Crippen LogP contribution in [0.1, 0.15) is 25.7 Å². The normalized spacial score (nSPS) is 26.5. The molecule has 0 aromatic carbocycles. The minimum absolute atomic E-state index is 0.109. The van der Waals surface area contributed by atoms with Gasteiger partial charge in [-0.05, 0) is 26.0 Å². The number of nitrogens with zero attached hydrogens (tertiary/aromatic N) is 5. The van der Waals surface area contributed by atoms with Crippen LogP contribution in [0.15, 0.2) is 29.5 Å². The first-order valence-electron chi connectivity index (χ1n) is 8.35. The zero-order valence-electron chi connectivity index (χ0n) is 13.9. The van der Waals surface area contributed by atoms with Gasteiger partial charge in [0.25, 0.3) is 11.6 Å². The summed E-state index contributed by atoms with van der Waals surface area (Å²) >= 11 is 0. The summed E-state index contributed by atoms with van der Waals surface area (Å²) in [6, 6.07) is 4.74. The number of hydrogen-bond donors (Lipinski definition) is 0. The fourth-order valence-electron chi connectivity index (χ4n) is 3.80. The second-order valence-corrected chi connectivity index (χ2v) is 6.68. The monoisotopic (exact) mass is 327 g/mol. The standard InChI is InChI=1S/C17H21N5O2/c1-21-11-3-4-12(21)8-13(7-11)24-17-20-15(9-16(23)22(17)2)14-5-6-18-10-19-14/h5-6,9-13H,3-4,7-8H2,1-2H3/t11-,12+,13+. The van der Waals surface area contributed by atoms with E-state index in [4.69, 9.17) is 4.74 Å². The highest BCUT2D eigenvalue weighted by Crippen LogP contribution is 2.35. The van der Waals surface area contributed by atoms with Crippen LogP contribution in [-0.4, -0.2) is 49.7 Å². The van der Waals surface area contributed by atoms with Crippen molar-refractivity contribution in [1.29, 1.82) is 0 Å². The molecule has 7 heteroatoms. The first kappa shape index (κ1) is 15.3. The lowest BCUT2D eigenvalue weighted by Gasteiger charge is -2.36. The molecule has 0 amide bonds. The van der Waals surface area contributed by atoms with E-state index in [-0.39, 0.29) is 11.7 Å². The number of rotatable bonds is 3. The molecular weight excluding hydrogens is 306 g/mol. The minimum Gasteiger partial charge on any atom is -0.461 e. The van der Waals surface area contributed by atoms with Crippen LogP contribution >= 0.6 is 0 Å². The summed E-state index contributed by atoms with van der Waals surface area (Å²) in [5.41, 5.74) is 0.993. The molecule has 0 saturated carbocycles. The summed E-state index contributed by atoms with van der Waals surface area (Å²) in [6.45, 7) is 0. The van der Waals surface area contributed by atoms with Crippen molar-refractivity contribution in [1.82, 2.24) is 24.4 Å². The van der Waals surface area contributed by atoms with Gasteiger partial charge in [-0.25, -0.2) is 9.97 Å². The minimum atomic E-state index is -0.149. The molecule has 0 unspecified atom stereocenters. The fraction of sp³-hybridized carbons (Fsp3) is 0.529. The third kappa shape index (κ3) is 2.69. The zero-order chi connectivity index (χ0) is 16.7. The fourth-order valence-corrected chi connectivity index (χ4v) is 3.80. The van der Waals surface area contributed by atoms with E-state index in [0.717, 1.165) is 12.8 Å². The Balaban J connectivity index is 1.61. The van der Waals surface area contributed by atoms with Crippen LogP contribution in [-0.2, 0) is 7.05 Å². The predicted molar refractivity (Wildman–Crippen MR) is 88.7 cm³/mol. The van der Waals surface area contributed by atoms with Crippen LogP contribution in [0.2, 0.25) is 0 Å². The second-order valence-electron chi connectivity index (χ2n) is 6.68. The van der Waals surface area contributed by atoms with Crippen molar-refractivity contribution in [3.05, 3.63) is 35.0 Å². The van der Waals surface area contributed by atoms with E-state index in [1.807, 2.05) is 0 Å². The lowest BCUT2D eigenvalue weighted by molar-refractivity contribution is 0.0571. The molecule has 2 aromatic heterocycles. The topological polar surface area (TPSA) is 73.1 Å². The maximum atomic E-state index is 12.3. The van der Waals surface area contributed by atoms with Gasteiger partial charge < -0.3 is 9.64 Å². The Kier molecular flexibility index (Phi) is 3.80. The number of fused-ring (bicyclic) bond motifs is 2. The maximum absolute atomic E-state index is 12.3. The van der Waals surface area contributed by atoms with Gasteiger partial charge in [-0.15, -0.1) is 0 Å². The SMILES string of the molecule is CN1[C@@H]2CC[C@H]1C[C@@H](Oc1nc(-c3ccncn3)cc(=O)n1C)C2. The Labute approximate surface area is 140 Å². The molecular formula is C17H21N5O2. The molecule has 0 N–H and O–H groups in total. The molecule has 2 aliphatic rings. The lowest BCUT2D eigenvalue weighted by atomic mass is 10.0. The smallest absolute Gasteiger partial charge is 0.299 e. The van der Waals surface area contributed by atoms with Gasteiger partial charge in [-0.3, -0.25) is 9.36 Å². The van der Waals surface area contributed by atoms with E-state index in [0.29, 0.717) is 29.5 Å². The third-order valence-corrected chi connectivity index (χ3v) is 5.27. The van der Waals surface area contributed by atoms with Gasteiger partial charge in [-0.2, -0.15) is 4.98 Å². The van der Waals surface area contributed by atoms with Crippen molar-refractivity contribution < 1.29 is 4.74 Å². The molecule has 0 radical (unpaired) electrons. The summed E-state index contributed by atoms with van der Waals surface area (Å²) in [4.78, 5) is 27.3. The van der Waals surface area contributed by atoms with E-state index in [1.165, 1.54) is 29.8 Å². The van der Waals surface area contributed by atoms with Crippen LogP contribution in [0.4, 0.5) is 0 Å². The highest BCUT2D eigenvalue weighted by atomic mass is 16.5. The molecule has 3 atom stereocenters. The summed E-state index contributed by atoms with van der Waals surface area (Å²) in [6.07, 6.45) is 7.63. The van der Waals surface area contributed by atoms with Gasteiger partial charge >= 0.3 is 0 Å². The van der Waals surface area contributed by atoms with Crippen LogP contribution in [0.5, 0.6) is 6.01 Å². The van der Waals surface area contributed by atoms with Gasteiger partial charge in [0.05, 0.1) is 11.4 Å². The Hall–Kier alpha value is -2.28. The third-order valence-electron chi connectivity index (χ3n) is 5.27. The van der Waals surface area contributed by atoms with E-state index in [1.54, 1.807) is 19.3 Å². The zero-order valence-corrected chi connectivity index (χ0v) is 13.9. The van der Waals surface area contributed by atoms with Gasteiger partial charge in [0.1, 0.15) is 12.4 Å². The predicted octanol–water partition coefficient (Wildman–Crippen LogP) is 1.24. The second kappa shape index (κ2) is 5.98. The van der Waals surface area contributed by atoms with Crippen molar-refractivity contribution in [3.63, 3.8) is 0 Å². The average Bonchev–Trinajstić information content (AvgIpc) is 2.81. The summed E-state index contributed by atoms with van der Waals surface area (Å²) < 4.78 is 7.60. The molecule has 2 fully saturated rings. The molecule has 126 valence electrons. The van der Waals surface area contributed by atoms with Crippen molar-refractivity contribution in [2.45, 2.75) is 43.9 Å². The molecule has 0 aliphatic carbocycles. The molecule has 4 rings (SSSR count). The van der Waals surface area contributed by atoms with Crippen molar-refractivity contribution in [3.8, 4) is 17.4 Å². The van der Waals surface area contributed by atoms with Crippen molar-refractivity contribution in [2.75, 3.05) is 7.05 Å². The Morgan fingerprint density at radius 2 is 1.92 bits per heavy atom. The molecule has 2 aromatic rings. The Morgan fingerprint density at radius 1 is 1.17 bits per heavy atom. The van der Waals surface area contributed by atoms with Crippen molar-refractivity contribution in [2.24, 2.45) is 7.05 Å². The van der Waals surface area contributed by atoms with Crippen LogP contribution in [0.3, 0.4) is 0 Å². The highest BCUT2D eigenvalue weighted by Gasteiger charge is 2.39. The number of ether oxygens (including phenoxy) is 1. The molecule has 2 aliphatic heterocycles. The van der Waals surface area contributed by atoms with Gasteiger partial charge in [0.2, 0.25) is 0 Å². The van der Waals surface area contributed by atoms with Crippen LogP contribution in [0.25, 0.3) is 11.4 Å². The molecule has 4 heterocycles. The molecule has 24 heavy (non-hydrogen) atoms. The summed E-state index contributed by atoms with van der Waals surface area (Å²) in [7, 11) is 3.89. The highest BCUT2D eigenvalue weighted by molar-refractivity contribution is 5.52. The van der Waals surface area contributed by atoms with E-state index < -0.39 is 0 Å². The van der Waals surface area contributed by atoms with Gasteiger partial charge in [0, 0.05) is 44.2 Å². The quantitative estimate of drug-likeness (QED) is 0.844. The number of piperidine rings is 1. The largest absolute Gasteiger partial charge is 0.461 e. The Morgan fingerprint density at radius 3 is 2.58 bits per heavy atom. The van der Waals surface area contributed by atoms with E-state index in [2.05, 4.69) is 26.9 Å². The van der Waals surface area contributed by atoms with Crippen molar-refractivity contribution >= 4 is 0 Å². The summed E-state index contributed by atoms with van der Waals surface area (Å²) in [5.74, 6) is 0. The van der Waals surface area contributed by atoms with E-state index >= 15 is 0 Å². The summed E-state index contributed by atoms with van der Waals surface area (Å²) in [5, 5.41) is 0. The first-order valence-corrected chi connectivity index (χ1v) is 8.35. The maximum Gasteiger partial charge on any atom is 0.299 e.